The lowest BCUT2D eigenvalue weighted by Gasteiger charge is -2.31. The van der Waals surface area contributed by atoms with Crippen molar-refractivity contribution in [2.75, 3.05) is 0 Å². The summed E-state index contributed by atoms with van der Waals surface area (Å²) < 4.78 is 0. The highest BCUT2D eigenvalue weighted by Crippen LogP contribution is 2.36. The summed E-state index contributed by atoms with van der Waals surface area (Å²) in [5, 5.41) is 0. The van der Waals surface area contributed by atoms with Crippen LogP contribution in [0.15, 0.2) is 30.3 Å². The maximum Gasteiger partial charge on any atom is 0.168 e. The number of benzene rings is 1. The lowest BCUT2D eigenvalue weighted by molar-refractivity contribution is 0.0754. The van der Waals surface area contributed by atoms with Gasteiger partial charge in [-0.15, -0.1) is 0 Å². The number of hydrogen-bond acceptors (Lipinski definition) is 1. The molecule has 0 radical (unpaired) electrons. The summed E-state index contributed by atoms with van der Waals surface area (Å²) in [7, 11) is 0. The van der Waals surface area contributed by atoms with E-state index in [1.165, 1.54) is 19.3 Å². The smallest absolute Gasteiger partial charge is 0.168 e. The minimum absolute atomic E-state index is 0.215. The van der Waals surface area contributed by atoms with Crippen molar-refractivity contribution < 1.29 is 4.79 Å². The van der Waals surface area contributed by atoms with E-state index in [0.29, 0.717) is 11.7 Å². The Bertz CT molecular complexity index is 434. The van der Waals surface area contributed by atoms with Crippen molar-refractivity contribution in [3.8, 4) is 0 Å². The average molecular weight is 303 g/mol. The molecule has 0 aromatic heterocycles. The summed E-state index contributed by atoms with van der Waals surface area (Å²) in [6.45, 7) is 11.2. The zero-order valence-corrected chi connectivity index (χ0v) is 15.2. The van der Waals surface area contributed by atoms with Crippen LogP contribution in [0.5, 0.6) is 0 Å². The Balaban J connectivity index is 2.71. The molecule has 0 aliphatic carbocycles. The molecule has 22 heavy (non-hydrogen) atoms. The second kappa shape index (κ2) is 9.12. The van der Waals surface area contributed by atoms with Gasteiger partial charge in [0, 0.05) is 11.0 Å². The number of carbonyl (C=O) groups excluding carboxylic acids is 1. The monoisotopic (exact) mass is 302 g/mol. The van der Waals surface area contributed by atoms with E-state index in [0.717, 1.165) is 30.7 Å². The molecule has 0 bridgehead atoms. The first-order valence-electron chi connectivity index (χ1n) is 8.99. The average Bonchev–Trinajstić information content (AvgIpc) is 2.47. The van der Waals surface area contributed by atoms with Crippen molar-refractivity contribution >= 4 is 5.78 Å². The molecular formula is C21H34O. The van der Waals surface area contributed by atoms with Gasteiger partial charge in [-0.05, 0) is 24.7 Å². The highest BCUT2D eigenvalue weighted by atomic mass is 16.1. The van der Waals surface area contributed by atoms with Crippen LogP contribution in [0.4, 0.5) is 0 Å². The van der Waals surface area contributed by atoms with E-state index in [1.54, 1.807) is 0 Å². The summed E-state index contributed by atoms with van der Waals surface area (Å²) in [4.78, 5) is 13.0. The Morgan fingerprint density at radius 2 is 1.73 bits per heavy atom. The van der Waals surface area contributed by atoms with Crippen molar-refractivity contribution in [1.29, 1.82) is 0 Å². The highest BCUT2D eigenvalue weighted by Gasteiger charge is 2.34. The van der Waals surface area contributed by atoms with Gasteiger partial charge in [0.05, 0.1) is 0 Å². The molecule has 124 valence electrons. The van der Waals surface area contributed by atoms with Crippen LogP contribution in [0.2, 0.25) is 0 Å². The van der Waals surface area contributed by atoms with E-state index in [2.05, 4.69) is 34.6 Å². The van der Waals surface area contributed by atoms with Crippen molar-refractivity contribution in [3.63, 3.8) is 0 Å². The molecule has 1 aromatic rings. The molecule has 1 heteroatoms. The number of carbonyl (C=O) groups is 1. The second-order valence-electron chi connectivity index (χ2n) is 7.64. The van der Waals surface area contributed by atoms with E-state index in [9.17, 15) is 4.79 Å². The van der Waals surface area contributed by atoms with Crippen LogP contribution in [0, 0.1) is 17.3 Å². The van der Waals surface area contributed by atoms with Gasteiger partial charge >= 0.3 is 0 Å². The Hall–Kier alpha value is -1.11. The van der Waals surface area contributed by atoms with Crippen molar-refractivity contribution in [1.82, 2.24) is 0 Å². The Morgan fingerprint density at radius 3 is 2.27 bits per heavy atom. The normalized spacial score (nSPS) is 15.5. The third-order valence-electron chi connectivity index (χ3n) is 4.66. The first kappa shape index (κ1) is 18.9. The molecular weight excluding hydrogens is 268 g/mol. The summed E-state index contributed by atoms with van der Waals surface area (Å²) in [5.41, 5.74) is 0.653. The fraction of sp³-hybridized carbons (Fsp3) is 0.667. The van der Waals surface area contributed by atoms with Gasteiger partial charge in [0.2, 0.25) is 0 Å². The summed E-state index contributed by atoms with van der Waals surface area (Å²) >= 11 is 0. The molecule has 0 fully saturated rings. The first-order valence-corrected chi connectivity index (χ1v) is 8.99. The van der Waals surface area contributed by atoms with Crippen LogP contribution in [-0.2, 0) is 0 Å². The van der Waals surface area contributed by atoms with E-state index >= 15 is 0 Å². The Labute approximate surface area is 137 Å². The van der Waals surface area contributed by atoms with Gasteiger partial charge in [0.1, 0.15) is 0 Å². The van der Waals surface area contributed by atoms with Gasteiger partial charge in [0.15, 0.2) is 5.78 Å². The fourth-order valence-corrected chi connectivity index (χ4v) is 3.54. The Kier molecular flexibility index (Phi) is 7.85. The van der Waals surface area contributed by atoms with Crippen LogP contribution < -0.4 is 0 Å². The molecule has 2 unspecified atom stereocenters. The molecule has 0 amide bonds. The van der Waals surface area contributed by atoms with Crippen LogP contribution in [0.3, 0.4) is 0 Å². The maximum absolute atomic E-state index is 13.0. The molecule has 0 saturated carbocycles. The van der Waals surface area contributed by atoms with E-state index in [1.807, 2.05) is 30.3 Å². The van der Waals surface area contributed by atoms with Crippen molar-refractivity contribution in [2.24, 2.45) is 17.3 Å². The topological polar surface area (TPSA) is 17.1 Å². The molecule has 0 saturated heterocycles. The second-order valence-corrected chi connectivity index (χ2v) is 7.64. The fourth-order valence-electron chi connectivity index (χ4n) is 3.54. The molecule has 2 atom stereocenters. The zero-order chi connectivity index (χ0) is 16.6. The number of ketones is 1. The molecule has 1 nitrogen and oxygen atoms in total. The molecule has 0 spiro atoms. The van der Waals surface area contributed by atoms with Crippen LogP contribution in [-0.4, -0.2) is 5.78 Å². The largest absolute Gasteiger partial charge is 0.294 e. The van der Waals surface area contributed by atoms with Crippen LogP contribution >= 0.6 is 0 Å². The first-order chi connectivity index (χ1) is 10.4. The van der Waals surface area contributed by atoms with Crippen molar-refractivity contribution in [2.45, 2.75) is 73.1 Å². The lowest BCUT2D eigenvalue weighted by Crippen LogP contribution is -2.30. The minimum atomic E-state index is -0.215. The van der Waals surface area contributed by atoms with E-state index < -0.39 is 0 Å². The molecule has 0 N–H and O–H groups in total. The number of hydrogen-bond donors (Lipinski definition) is 0. The van der Waals surface area contributed by atoms with Gasteiger partial charge in [-0.1, -0.05) is 90.6 Å². The molecule has 0 aliphatic heterocycles. The SMILES string of the molecule is CCCC(C)(CC(C)CCCC(C)C)C(=O)c1ccccc1. The van der Waals surface area contributed by atoms with Gasteiger partial charge in [-0.25, -0.2) is 0 Å². The molecule has 1 aromatic carbocycles. The quantitative estimate of drug-likeness (QED) is 0.449. The Morgan fingerprint density at radius 1 is 1.09 bits per heavy atom. The zero-order valence-electron chi connectivity index (χ0n) is 15.2. The number of Topliss-reactive ketones (excluding diaryl/α,β-unsaturated/α-hetero) is 1. The predicted molar refractivity (Wildman–Crippen MR) is 96.3 cm³/mol. The molecule has 1 rings (SSSR count). The molecule has 0 aliphatic rings. The molecule has 0 heterocycles. The van der Waals surface area contributed by atoms with E-state index in [4.69, 9.17) is 0 Å². The van der Waals surface area contributed by atoms with Gasteiger partial charge < -0.3 is 0 Å². The minimum Gasteiger partial charge on any atom is -0.294 e. The summed E-state index contributed by atoms with van der Waals surface area (Å²) in [5.74, 6) is 1.72. The summed E-state index contributed by atoms with van der Waals surface area (Å²) in [6.07, 6.45) is 6.86. The van der Waals surface area contributed by atoms with E-state index in [-0.39, 0.29) is 5.41 Å². The lowest BCUT2D eigenvalue weighted by atomic mass is 9.72. The van der Waals surface area contributed by atoms with Gasteiger partial charge in [0.25, 0.3) is 0 Å². The van der Waals surface area contributed by atoms with Gasteiger partial charge in [-0.2, -0.15) is 0 Å². The predicted octanol–water partition coefficient (Wildman–Crippen LogP) is 6.53. The number of rotatable bonds is 10. The third-order valence-corrected chi connectivity index (χ3v) is 4.66. The van der Waals surface area contributed by atoms with Crippen LogP contribution in [0.25, 0.3) is 0 Å². The standard InChI is InChI=1S/C21H34O/c1-6-15-21(5,16-18(4)12-10-11-17(2)3)20(22)19-13-8-7-9-14-19/h7-9,13-14,17-18H,6,10-12,15-16H2,1-5H3. The highest BCUT2D eigenvalue weighted by molar-refractivity contribution is 6.00. The van der Waals surface area contributed by atoms with Crippen LogP contribution in [0.1, 0.15) is 83.5 Å². The summed E-state index contributed by atoms with van der Waals surface area (Å²) in [6, 6.07) is 9.82. The van der Waals surface area contributed by atoms with Gasteiger partial charge in [-0.3, -0.25) is 4.79 Å². The maximum atomic E-state index is 13.0. The third kappa shape index (κ3) is 5.94. The van der Waals surface area contributed by atoms with Crippen molar-refractivity contribution in [3.05, 3.63) is 35.9 Å².